The van der Waals surface area contributed by atoms with Crippen molar-refractivity contribution in [2.24, 2.45) is 0 Å². The zero-order valence-corrected chi connectivity index (χ0v) is 14.9. The number of carboxylic acid groups (broad SMARTS) is 1. The van der Waals surface area contributed by atoms with E-state index in [1.807, 2.05) is 48.5 Å². The number of halogens is 1. The number of carbonyl (C=O) groups is 2. The molecule has 0 aliphatic heterocycles. The Morgan fingerprint density at radius 1 is 0.893 bits per heavy atom. The highest BCUT2D eigenvalue weighted by atomic mass is 19.1. The van der Waals surface area contributed by atoms with E-state index < -0.39 is 17.9 Å². The molecule has 0 fully saturated rings. The van der Waals surface area contributed by atoms with Crippen molar-refractivity contribution < 1.29 is 19.1 Å². The summed E-state index contributed by atoms with van der Waals surface area (Å²) in [6.45, 7) is 0. The van der Waals surface area contributed by atoms with Gasteiger partial charge in [0, 0.05) is 6.42 Å². The minimum absolute atomic E-state index is 0.0807. The fourth-order valence-corrected chi connectivity index (χ4v) is 3.75. The first kappa shape index (κ1) is 17.9. The molecule has 4 rings (SSSR count). The van der Waals surface area contributed by atoms with E-state index in [1.54, 1.807) is 0 Å². The lowest BCUT2D eigenvalue weighted by molar-refractivity contribution is -0.141. The fraction of sp³-hybridized carbons (Fsp3) is 0.130. The van der Waals surface area contributed by atoms with Crippen LogP contribution in [0.1, 0.15) is 22.6 Å². The third kappa shape index (κ3) is 3.27. The Labute approximate surface area is 161 Å². The Kier molecular flexibility index (Phi) is 4.65. The molecule has 140 valence electrons. The normalized spacial score (nSPS) is 13.5. The maximum atomic E-state index is 13.1. The second-order valence-electron chi connectivity index (χ2n) is 6.84. The van der Waals surface area contributed by atoms with Crippen molar-refractivity contribution in [1.82, 2.24) is 5.32 Å². The number of rotatable bonds is 5. The summed E-state index contributed by atoms with van der Waals surface area (Å²) < 4.78 is 13.1. The van der Waals surface area contributed by atoms with Crippen molar-refractivity contribution >= 4 is 11.9 Å². The summed E-state index contributed by atoms with van der Waals surface area (Å²) in [6.07, 6.45) is 0.0807. The van der Waals surface area contributed by atoms with Gasteiger partial charge in [-0.15, -0.1) is 0 Å². The van der Waals surface area contributed by atoms with Gasteiger partial charge in [0.15, 0.2) is 0 Å². The Morgan fingerprint density at radius 2 is 1.43 bits per heavy atom. The summed E-state index contributed by atoms with van der Waals surface area (Å²) in [6, 6.07) is 19.8. The van der Waals surface area contributed by atoms with Crippen LogP contribution >= 0.6 is 0 Å². The third-order valence-electron chi connectivity index (χ3n) is 5.06. The average Bonchev–Trinajstić information content (AvgIpc) is 3.03. The molecule has 1 atom stereocenters. The van der Waals surface area contributed by atoms with E-state index in [-0.39, 0.29) is 18.1 Å². The number of aliphatic carboxylic acids is 1. The van der Waals surface area contributed by atoms with Crippen molar-refractivity contribution in [3.8, 4) is 11.1 Å². The maximum absolute atomic E-state index is 13.1. The number of carboxylic acids is 1. The first-order valence-electron chi connectivity index (χ1n) is 9.00. The molecule has 0 bridgehead atoms. The van der Waals surface area contributed by atoms with E-state index in [4.69, 9.17) is 0 Å². The van der Waals surface area contributed by atoms with Gasteiger partial charge in [-0.2, -0.15) is 0 Å². The second kappa shape index (κ2) is 7.27. The van der Waals surface area contributed by atoms with Gasteiger partial charge in [-0.3, -0.25) is 4.79 Å². The van der Waals surface area contributed by atoms with Crippen LogP contribution in [0.4, 0.5) is 4.39 Å². The standard InChI is InChI=1S/C23H18FNO3/c24-15-11-9-14(10-12-15)13-20(23(27)28)25-22(26)21-18-7-3-1-5-16(18)17-6-2-4-8-19(17)21/h1-12,20-21H,13H2,(H,25,26)(H,27,28)/t20-/m1/s1. The smallest absolute Gasteiger partial charge is 0.326 e. The molecule has 1 aliphatic rings. The van der Waals surface area contributed by atoms with Gasteiger partial charge in [0.1, 0.15) is 11.9 Å². The Balaban J connectivity index is 1.61. The summed E-state index contributed by atoms with van der Waals surface area (Å²) in [5.41, 5.74) is 4.35. The summed E-state index contributed by atoms with van der Waals surface area (Å²) in [7, 11) is 0. The average molecular weight is 375 g/mol. The van der Waals surface area contributed by atoms with Crippen molar-refractivity contribution in [2.75, 3.05) is 0 Å². The molecule has 3 aromatic carbocycles. The van der Waals surface area contributed by atoms with Gasteiger partial charge in [-0.1, -0.05) is 60.7 Å². The van der Waals surface area contributed by atoms with Crippen LogP contribution in [0.25, 0.3) is 11.1 Å². The number of fused-ring (bicyclic) bond motifs is 3. The summed E-state index contributed by atoms with van der Waals surface area (Å²) in [4.78, 5) is 24.8. The van der Waals surface area contributed by atoms with E-state index >= 15 is 0 Å². The van der Waals surface area contributed by atoms with E-state index in [0.717, 1.165) is 22.3 Å². The summed E-state index contributed by atoms with van der Waals surface area (Å²) >= 11 is 0. The monoisotopic (exact) mass is 375 g/mol. The summed E-state index contributed by atoms with van der Waals surface area (Å²) in [5, 5.41) is 12.3. The van der Waals surface area contributed by atoms with Crippen LogP contribution < -0.4 is 5.32 Å². The molecular formula is C23H18FNO3. The Bertz CT molecular complexity index is 1000. The number of hydrogen-bond acceptors (Lipinski definition) is 2. The van der Waals surface area contributed by atoms with Gasteiger partial charge in [-0.05, 0) is 39.9 Å². The van der Waals surface area contributed by atoms with Crippen LogP contribution in [0, 0.1) is 5.82 Å². The second-order valence-corrected chi connectivity index (χ2v) is 6.84. The molecule has 0 spiro atoms. The van der Waals surface area contributed by atoms with Crippen LogP contribution in [0.2, 0.25) is 0 Å². The zero-order chi connectivity index (χ0) is 19.7. The Morgan fingerprint density at radius 3 is 1.96 bits per heavy atom. The number of carbonyl (C=O) groups excluding carboxylic acids is 1. The lowest BCUT2D eigenvalue weighted by atomic mass is 9.95. The van der Waals surface area contributed by atoms with Crippen LogP contribution in [0.15, 0.2) is 72.8 Å². The van der Waals surface area contributed by atoms with Gasteiger partial charge in [0.05, 0.1) is 5.92 Å². The van der Waals surface area contributed by atoms with Gasteiger partial charge in [-0.25, -0.2) is 9.18 Å². The predicted octanol–water partition coefficient (Wildman–Crippen LogP) is 3.75. The molecule has 5 heteroatoms. The first-order valence-corrected chi connectivity index (χ1v) is 9.00. The van der Waals surface area contributed by atoms with Gasteiger partial charge in [0.2, 0.25) is 5.91 Å². The quantitative estimate of drug-likeness (QED) is 0.714. The highest BCUT2D eigenvalue weighted by molar-refractivity contribution is 5.97. The maximum Gasteiger partial charge on any atom is 0.326 e. The highest BCUT2D eigenvalue weighted by Gasteiger charge is 2.35. The molecule has 1 amide bonds. The fourth-order valence-electron chi connectivity index (χ4n) is 3.75. The molecule has 0 radical (unpaired) electrons. The van der Waals surface area contributed by atoms with E-state index in [1.165, 1.54) is 24.3 Å². The number of nitrogens with one attached hydrogen (secondary N) is 1. The lowest BCUT2D eigenvalue weighted by Crippen LogP contribution is -2.44. The van der Waals surface area contributed by atoms with Gasteiger partial charge < -0.3 is 10.4 Å². The predicted molar refractivity (Wildman–Crippen MR) is 103 cm³/mol. The molecule has 0 aromatic heterocycles. The molecule has 1 aliphatic carbocycles. The SMILES string of the molecule is O=C(N[C@H](Cc1ccc(F)cc1)C(=O)O)C1c2ccccc2-c2ccccc21. The van der Waals surface area contributed by atoms with Crippen molar-refractivity contribution in [3.63, 3.8) is 0 Å². The van der Waals surface area contributed by atoms with E-state index in [0.29, 0.717) is 5.56 Å². The Hall–Kier alpha value is -3.47. The minimum atomic E-state index is -1.13. The van der Waals surface area contributed by atoms with Gasteiger partial charge in [0.25, 0.3) is 0 Å². The number of benzene rings is 3. The molecule has 0 unspecified atom stereocenters. The first-order chi connectivity index (χ1) is 13.5. The molecule has 0 saturated carbocycles. The number of hydrogen-bond donors (Lipinski definition) is 2. The third-order valence-corrected chi connectivity index (χ3v) is 5.06. The number of amides is 1. The highest BCUT2D eigenvalue weighted by Crippen LogP contribution is 2.44. The molecule has 28 heavy (non-hydrogen) atoms. The molecule has 2 N–H and O–H groups in total. The van der Waals surface area contributed by atoms with Crippen molar-refractivity contribution in [2.45, 2.75) is 18.4 Å². The molecular weight excluding hydrogens is 357 g/mol. The molecule has 4 nitrogen and oxygen atoms in total. The molecule has 3 aromatic rings. The zero-order valence-electron chi connectivity index (χ0n) is 14.9. The van der Waals surface area contributed by atoms with E-state index in [9.17, 15) is 19.1 Å². The van der Waals surface area contributed by atoms with E-state index in [2.05, 4.69) is 5.32 Å². The topological polar surface area (TPSA) is 66.4 Å². The molecule has 0 saturated heterocycles. The van der Waals surface area contributed by atoms with Crippen LogP contribution in [0.5, 0.6) is 0 Å². The van der Waals surface area contributed by atoms with Crippen LogP contribution in [-0.4, -0.2) is 23.0 Å². The largest absolute Gasteiger partial charge is 0.480 e. The minimum Gasteiger partial charge on any atom is -0.480 e. The molecule has 0 heterocycles. The van der Waals surface area contributed by atoms with Crippen molar-refractivity contribution in [3.05, 3.63) is 95.3 Å². The van der Waals surface area contributed by atoms with Gasteiger partial charge >= 0.3 is 5.97 Å². The lowest BCUT2D eigenvalue weighted by Gasteiger charge is -2.19. The van der Waals surface area contributed by atoms with Crippen molar-refractivity contribution in [1.29, 1.82) is 0 Å². The van der Waals surface area contributed by atoms with Crippen LogP contribution in [-0.2, 0) is 16.0 Å². The summed E-state index contributed by atoms with van der Waals surface area (Å²) in [5.74, 6) is -2.43. The van der Waals surface area contributed by atoms with Crippen LogP contribution in [0.3, 0.4) is 0 Å².